The number of rotatable bonds is 1. The summed E-state index contributed by atoms with van der Waals surface area (Å²) in [6.07, 6.45) is 0.884. The van der Waals surface area contributed by atoms with Crippen molar-refractivity contribution in [3.05, 3.63) is 57.1 Å². The predicted molar refractivity (Wildman–Crippen MR) is 89.9 cm³/mol. The van der Waals surface area contributed by atoms with Crippen LogP contribution in [0.3, 0.4) is 0 Å². The molecule has 1 aliphatic heterocycles. The van der Waals surface area contributed by atoms with Gasteiger partial charge in [0.05, 0.1) is 0 Å². The molecule has 108 valence electrons. The molecule has 2 aromatic carbocycles. The van der Waals surface area contributed by atoms with E-state index in [2.05, 4.69) is 22.0 Å². The third-order valence-corrected chi connectivity index (χ3v) is 4.35. The van der Waals surface area contributed by atoms with Crippen LogP contribution in [0.5, 0.6) is 0 Å². The molecule has 1 amide bonds. The molecule has 3 nitrogen and oxygen atoms in total. The van der Waals surface area contributed by atoms with Gasteiger partial charge in [0.25, 0.3) is 5.91 Å². The first-order valence-electron chi connectivity index (χ1n) is 6.94. The van der Waals surface area contributed by atoms with Gasteiger partial charge in [0.2, 0.25) is 0 Å². The maximum Gasteiger partial charge on any atom is 0.258 e. The zero-order valence-electron chi connectivity index (χ0n) is 12.1. The average molecular weight is 345 g/mol. The van der Waals surface area contributed by atoms with Gasteiger partial charge in [-0.1, -0.05) is 22.0 Å². The number of halogens is 1. The molecular formula is C17H17BrN2O. The van der Waals surface area contributed by atoms with Crippen LogP contribution in [0.2, 0.25) is 0 Å². The largest absolute Gasteiger partial charge is 0.398 e. The van der Waals surface area contributed by atoms with Crippen molar-refractivity contribution < 1.29 is 4.79 Å². The van der Waals surface area contributed by atoms with Crippen molar-refractivity contribution in [1.29, 1.82) is 0 Å². The number of nitrogens with two attached hydrogens (primary N) is 1. The van der Waals surface area contributed by atoms with E-state index >= 15 is 0 Å². The third kappa shape index (κ3) is 2.56. The van der Waals surface area contributed by atoms with Gasteiger partial charge in [-0.3, -0.25) is 4.79 Å². The molecule has 3 rings (SSSR count). The summed E-state index contributed by atoms with van der Waals surface area (Å²) in [7, 11) is 0. The molecule has 21 heavy (non-hydrogen) atoms. The third-order valence-electron chi connectivity index (χ3n) is 3.90. The first kappa shape index (κ1) is 14.1. The van der Waals surface area contributed by atoms with Crippen LogP contribution in [-0.4, -0.2) is 12.5 Å². The summed E-state index contributed by atoms with van der Waals surface area (Å²) in [6, 6.07) is 9.79. The maximum atomic E-state index is 12.8. The summed E-state index contributed by atoms with van der Waals surface area (Å²) in [5, 5.41) is 0. The number of hydrogen-bond donors (Lipinski definition) is 1. The quantitative estimate of drug-likeness (QED) is 0.798. The van der Waals surface area contributed by atoms with Crippen molar-refractivity contribution in [3.8, 4) is 0 Å². The number of anilines is 2. The van der Waals surface area contributed by atoms with Crippen LogP contribution in [0.1, 0.15) is 27.0 Å². The monoisotopic (exact) mass is 344 g/mol. The van der Waals surface area contributed by atoms with Crippen LogP contribution in [0.25, 0.3) is 0 Å². The lowest BCUT2D eigenvalue weighted by atomic mass is 10.1. The Morgan fingerprint density at radius 1 is 1.19 bits per heavy atom. The summed E-state index contributed by atoms with van der Waals surface area (Å²) in [6.45, 7) is 4.70. The highest BCUT2D eigenvalue weighted by molar-refractivity contribution is 9.10. The van der Waals surface area contributed by atoms with E-state index in [4.69, 9.17) is 5.73 Å². The van der Waals surface area contributed by atoms with Gasteiger partial charge in [-0.05, 0) is 61.2 Å². The van der Waals surface area contributed by atoms with Gasteiger partial charge < -0.3 is 10.6 Å². The zero-order valence-corrected chi connectivity index (χ0v) is 13.7. The number of amides is 1. The standard InChI is InChI=1S/C17H17BrN2O/c1-10-5-13(8-14(18)6-10)17(21)20-4-3-12-7-11(2)15(19)9-16(12)20/h5-9H,3-4,19H2,1-2H3. The molecule has 1 aliphatic rings. The number of carbonyl (C=O) groups is 1. The normalized spacial score (nSPS) is 13.4. The van der Waals surface area contributed by atoms with E-state index in [9.17, 15) is 4.79 Å². The van der Waals surface area contributed by atoms with Crippen LogP contribution >= 0.6 is 15.9 Å². The number of nitrogens with zero attached hydrogens (tertiary/aromatic N) is 1. The summed E-state index contributed by atoms with van der Waals surface area (Å²) < 4.78 is 0.925. The highest BCUT2D eigenvalue weighted by atomic mass is 79.9. The Morgan fingerprint density at radius 3 is 2.67 bits per heavy atom. The Labute approximate surface area is 132 Å². The average Bonchev–Trinajstić information content (AvgIpc) is 2.80. The lowest BCUT2D eigenvalue weighted by Crippen LogP contribution is -2.29. The van der Waals surface area contributed by atoms with Crippen LogP contribution in [-0.2, 0) is 6.42 Å². The summed E-state index contributed by atoms with van der Waals surface area (Å²) in [4.78, 5) is 14.6. The first-order valence-corrected chi connectivity index (χ1v) is 7.73. The SMILES string of the molecule is Cc1cc(Br)cc(C(=O)N2CCc3cc(C)c(N)cc32)c1. The van der Waals surface area contributed by atoms with Gasteiger partial charge in [-0.2, -0.15) is 0 Å². The van der Waals surface area contributed by atoms with Crippen LogP contribution in [0.15, 0.2) is 34.8 Å². The van der Waals surface area contributed by atoms with E-state index in [1.54, 1.807) is 0 Å². The second-order valence-corrected chi connectivity index (χ2v) is 6.48. The predicted octanol–water partition coefficient (Wildman–Crippen LogP) is 3.85. The van der Waals surface area contributed by atoms with E-state index < -0.39 is 0 Å². The van der Waals surface area contributed by atoms with E-state index in [1.807, 2.05) is 43.0 Å². The minimum atomic E-state index is 0.0291. The van der Waals surface area contributed by atoms with Crippen LogP contribution < -0.4 is 10.6 Å². The van der Waals surface area contributed by atoms with Gasteiger partial charge >= 0.3 is 0 Å². The number of benzene rings is 2. The molecule has 0 atom stereocenters. The van der Waals surface area contributed by atoms with E-state index in [-0.39, 0.29) is 5.91 Å². The van der Waals surface area contributed by atoms with E-state index in [1.165, 1.54) is 5.56 Å². The fourth-order valence-electron chi connectivity index (χ4n) is 2.80. The van der Waals surface area contributed by atoms with Crippen LogP contribution in [0, 0.1) is 13.8 Å². The molecule has 0 spiro atoms. The van der Waals surface area contributed by atoms with Crippen molar-refractivity contribution in [2.24, 2.45) is 0 Å². The molecule has 0 fully saturated rings. The minimum absolute atomic E-state index is 0.0291. The van der Waals surface area contributed by atoms with Gasteiger partial charge in [0.1, 0.15) is 0 Å². The Morgan fingerprint density at radius 2 is 1.95 bits per heavy atom. The maximum absolute atomic E-state index is 12.8. The van der Waals surface area contributed by atoms with E-state index in [0.29, 0.717) is 12.1 Å². The molecular weight excluding hydrogens is 328 g/mol. The first-order chi connectivity index (χ1) is 9.95. The zero-order chi connectivity index (χ0) is 15.1. The Bertz CT molecular complexity index is 720. The van der Waals surface area contributed by atoms with Crippen molar-refractivity contribution in [3.63, 3.8) is 0 Å². The molecule has 0 saturated heterocycles. The summed E-state index contributed by atoms with van der Waals surface area (Å²) in [5.74, 6) is 0.0291. The van der Waals surface area contributed by atoms with Crippen molar-refractivity contribution in [2.45, 2.75) is 20.3 Å². The number of aryl methyl sites for hydroxylation is 2. The highest BCUT2D eigenvalue weighted by Gasteiger charge is 2.26. The van der Waals surface area contributed by atoms with Gasteiger partial charge in [0, 0.05) is 28.0 Å². The van der Waals surface area contributed by atoms with Crippen molar-refractivity contribution in [2.75, 3.05) is 17.2 Å². The molecule has 2 aromatic rings. The fourth-order valence-corrected chi connectivity index (χ4v) is 3.41. The number of hydrogen-bond acceptors (Lipinski definition) is 2. The number of nitrogen functional groups attached to an aromatic ring is 1. The molecule has 0 unspecified atom stereocenters. The highest BCUT2D eigenvalue weighted by Crippen LogP contribution is 2.33. The lowest BCUT2D eigenvalue weighted by Gasteiger charge is -2.18. The van der Waals surface area contributed by atoms with Crippen LogP contribution in [0.4, 0.5) is 11.4 Å². The molecule has 0 radical (unpaired) electrons. The topological polar surface area (TPSA) is 46.3 Å². The summed E-state index contributed by atoms with van der Waals surface area (Å²) >= 11 is 3.45. The lowest BCUT2D eigenvalue weighted by molar-refractivity contribution is 0.0989. The Hall–Kier alpha value is -1.81. The second-order valence-electron chi connectivity index (χ2n) is 5.56. The smallest absolute Gasteiger partial charge is 0.258 e. The Balaban J connectivity index is 2.00. The molecule has 4 heteroatoms. The number of fused-ring (bicyclic) bond motifs is 1. The van der Waals surface area contributed by atoms with Crippen molar-refractivity contribution >= 4 is 33.2 Å². The molecule has 0 saturated carbocycles. The Kier molecular flexibility index (Phi) is 3.49. The van der Waals surface area contributed by atoms with E-state index in [0.717, 1.165) is 33.4 Å². The van der Waals surface area contributed by atoms with Gasteiger partial charge in [-0.15, -0.1) is 0 Å². The summed E-state index contributed by atoms with van der Waals surface area (Å²) in [5.41, 5.74) is 11.7. The fraction of sp³-hybridized carbons (Fsp3) is 0.235. The second kappa shape index (κ2) is 5.19. The molecule has 0 aromatic heterocycles. The van der Waals surface area contributed by atoms with Gasteiger partial charge in [-0.25, -0.2) is 0 Å². The van der Waals surface area contributed by atoms with Crippen molar-refractivity contribution in [1.82, 2.24) is 0 Å². The van der Waals surface area contributed by atoms with Gasteiger partial charge in [0.15, 0.2) is 0 Å². The molecule has 2 N–H and O–H groups in total. The molecule has 0 aliphatic carbocycles. The molecule has 0 bridgehead atoms. The minimum Gasteiger partial charge on any atom is -0.398 e. The molecule has 1 heterocycles. The number of carbonyl (C=O) groups excluding carboxylic acids is 1.